The largest absolute Gasteiger partial charge is 0.505 e. The van der Waals surface area contributed by atoms with Crippen molar-refractivity contribution in [3.05, 3.63) is 76.7 Å². The molecule has 0 radical (unpaired) electrons. The Morgan fingerprint density at radius 3 is 2.54 bits per heavy atom. The van der Waals surface area contributed by atoms with E-state index in [1.807, 2.05) is 30.3 Å². The number of aliphatic hydroxyl groups is 1. The van der Waals surface area contributed by atoms with Gasteiger partial charge >= 0.3 is 5.97 Å². The topological polar surface area (TPSA) is 49.8 Å². The number of hydrogen-bond donors (Lipinski definition) is 1. The Morgan fingerprint density at radius 2 is 1.88 bits per heavy atom. The van der Waals surface area contributed by atoms with Crippen LogP contribution in [0.25, 0.3) is 5.76 Å². The van der Waals surface area contributed by atoms with Gasteiger partial charge in [-0.1, -0.05) is 36.4 Å². The van der Waals surface area contributed by atoms with Gasteiger partial charge in [0.05, 0.1) is 0 Å². The molecule has 0 atom stereocenters. The van der Waals surface area contributed by atoms with Crippen LogP contribution in [0.1, 0.15) is 37.5 Å². The number of carbonyl (C=O) groups excluding carboxylic acids is 1. The van der Waals surface area contributed by atoms with Crippen molar-refractivity contribution in [2.45, 2.75) is 39.5 Å². The predicted molar refractivity (Wildman–Crippen MR) is 97.5 cm³/mol. The van der Waals surface area contributed by atoms with Gasteiger partial charge in [0.15, 0.2) is 11.5 Å². The van der Waals surface area contributed by atoms with Gasteiger partial charge in [-0.2, -0.15) is 0 Å². The van der Waals surface area contributed by atoms with Crippen molar-refractivity contribution >= 4 is 11.7 Å². The van der Waals surface area contributed by atoms with Crippen LogP contribution in [0, 0.1) is 5.82 Å². The van der Waals surface area contributed by atoms with Crippen molar-refractivity contribution in [1.82, 2.24) is 4.90 Å². The van der Waals surface area contributed by atoms with Crippen LogP contribution in [0.3, 0.4) is 0 Å². The van der Waals surface area contributed by atoms with Crippen LogP contribution in [0.15, 0.2) is 54.2 Å². The molecule has 0 bridgehead atoms. The maximum absolute atomic E-state index is 13.6. The number of rotatable bonds is 3. The molecule has 0 saturated heterocycles. The summed E-state index contributed by atoms with van der Waals surface area (Å²) in [4.78, 5) is 14.5. The van der Waals surface area contributed by atoms with Gasteiger partial charge in [0, 0.05) is 18.7 Å². The molecular formula is C21H22FNO3. The molecule has 26 heavy (non-hydrogen) atoms. The SMILES string of the molecule is CC(C)(C)OC(=O)C1=C(O)c2cc(F)ccc2CN1Cc1ccccc1. The third-order valence-corrected chi connectivity index (χ3v) is 4.04. The summed E-state index contributed by atoms with van der Waals surface area (Å²) in [5.74, 6) is -1.34. The summed E-state index contributed by atoms with van der Waals surface area (Å²) in [6.07, 6.45) is 0. The van der Waals surface area contributed by atoms with Crippen molar-refractivity contribution in [1.29, 1.82) is 0 Å². The summed E-state index contributed by atoms with van der Waals surface area (Å²) in [6.45, 7) is 6.10. The van der Waals surface area contributed by atoms with E-state index in [9.17, 15) is 14.3 Å². The molecule has 0 amide bonds. The first kappa shape index (κ1) is 18.0. The summed E-state index contributed by atoms with van der Waals surface area (Å²) in [7, 11) is 0. The maximum atomic E-state index is 13.6. The first-order valence-electron chi connectivity index (χ1n) is 8.49. The first-order valence-corrected chi connectivity index (χ1v) is 8.49. The highest BCUT2D eigenvalue weighted by molar-refractivity contribution is 5.96. The molecule has 1 aliphatic rings. The van der Waals surface area contributed by atoms with Gasteiger partial charge in [0.2, 0.25) is 0 Å². The Morgan fingerprint density at radius 1 is 1.19 bits per heavy atom. The smallest absolute Gasteiger partial charge is 0.359 e. The lowest BCUT2D eigenvalue weighted by atomic mass is 9.98. The molecule has 0 spiro atoms. The summed E-state index contributed by atoms with van der Waals surface area (Å²) in [5, 5.41) is 10.7. The molecule has 0 aromatic heterocycles. The van der Waals surface area contributed by atoms with Crippen molar-refractivity contribution in [3.8, 4) is 0 Å². The molecule has 2 aromatic rings. The molecule has 0 fully saturated rings. The van der Waals surface area contributed by atoms with E-state index < -0.39 is 17.4 Å². The average molecular weight is 355 g/mol. The number of halogens is 1. The number of aliphatic hydroxyl groups excluding tert-OH is 1. The Kier molecular flexibility index (Phi) is 4.72. The standard InChI is InChI=1S/C21H22FNO3/c1-21(2,3)26-20(25)18-19(24)17-11-16(22)10-9-15(17)13-23(18)12-14-7-5-4-6-8-14/h4-11,24H,12-13H2,1-3H3. The minimum atomic E-state index is -0.703. The highest BCUT2D eigenvalue weighted by Crippen LogP contribution is 2.33. The number of carbonyl (C=O) groups is 1. The van der Waals surface area contributed by atoms with Gasteiger partial charge in [-0.25, -0.2) is 9.18 Å². The molecule has 4 nitrogen and oxygen atoms in total. The fourth-order valence-corrected chi connectivity index (χ4v) is 2.96. The molecule has 5 heteroatoms. The first-order chi connectivity index (χ1) is 12.2. The van der Waals surface area contributed by atoms with E-state index in [4.69, 9.17) is 4.74 Å². The average Bonchev–Trinajstić information content (AvgIpc) is 2.55. The second-order valence-electron chi connectivity index (χ2n) is 7.34. The number of hydrogen-bond acceptors (Lipinski definition) is 4. The van der Waals surface area contributed by atoms with Crippen molar-refractivity contribution in [3.63, 3.8) is 0 Å². The molecule has 1 N–H and O–H groups in total. The summed E-state index contributed by atoms with van der Waals surface area (Å²) >= 11 is 0. The van der Waals surface area contributed by atoms with Crippen LogP contribution in [-0.4, -0.2) is 21.6 Å². The highest BCUT2D eigenvalue weighted by atomic mass is 19.1. The molecule has 1 aliphatic heterocycles. The quantitative estimate of drug-likeness (QED) is 0.829. The van der Waals surface area contributed by atoms with E-state index in [1.54, 1.807) is 31.7 Å². The second kappa shape index (κ2) is 6.83. The van der Waals surface area contributed by atoms with Crippen LogP contribution in [0.2, 0.25) is 0 Å². The molecule has 3 rings (SSSR count). The highest BCUT2D eigenvalue weighted by Gasteiger charge is 2.33. The van der Waals surface area contributed by atoms with E-state index >= 15 is 0 Å². The minimum absolute atomic E-state index is 0.0573. The maximum Gasteiger partial charge on any atom is 0.359 e. The summed E-state index contributed by atoms with van der Waals surface area (Å²) in [5.41, 5.74) is 1.43. The summed E-state index contributed by atoms with van der Waals surface area (Å²) in [6, 6.07) is 13.9. The van der Waals surface area contributed by atoms with E-state index in [0.29, 0.717) is 18.7 Å². The number of esters is 1. The van der Waals surface area contributed by atoms with Crippen LogP contribution >= 0.6 is 0 Å². The normalized spacial score (nSPS) is 14.2. The van der Waals surface area contributed by atoms with Gasteiger partial charge in [-0.3, -0.25) is 0 Å². The van der Waals surface area contributed by atoms with Gasteiger partial charge < -0.3 is 14.7 Å². The van der Waals surface area contributed by atoms with E-state index in [0.717, 1.165) is 11.1 Å². The zero-order valence-electron chi connectivity index (χ0n) is 15.1. The van der Waals surface area contributed by atoms with Gasteiger partial charge in [0.1, 0.15) is 11.4 Å². The van der Waals surface area contributed by atoms with Crippen LogP contribution in [-0.2, 0) is 22.6 Å². The lowest BCUT2D eigenvalue weighted by molar-refractivity contribution is -0.152. The van der Waals surface area contributed by atoms with Gasteiger partial charge in [-0.15, -0.1) is 0 Å². The Hall–Kier alpha value is -2.82. The van der Waals surface area contributed by atoms with Crippen LogP contribution in [0.5, 0.6) is 0 Å². The van der Waals surface area contributed by atoms with E-state index in [1.165, 1.54) is 12.1 Å². The third-order valence-electron chi connectivity index (χ3n) is 4.04. The zero-order chi connectivity index (χ0) is 18.9. The fraction of sp³-hybridized carbons (Fsp3) is 0.286. The fourth-order valence-electron chi connectivity index (χ4n) is 2.96. The van der Waals surface area contributed by atoms with Gasteiger partial charge in [0.25, 0.3) is 0 Å². The number of fused-ring (bicyclic) bond motifs is 1. The van der Waals surface area contributed by atoms with Gasteiger partial charge in [-0.05, 0) is 44.0 Å². The lowest BCUT2D eigenvalue weighted by Crippen LogP contribution is -2.35. The predicted octanol–water partition coefficient (Wildman–Crippen LogP) is 4.41. The molecule has 1 heterocycles. The van der Waals surface area contributed by atoms with E-state index in [2.05, 4.69) is 0 Å². The molecule has 0 unspecified atom stereocenters. The number of ether oxygens (including phenoxy) is 1. The monoisotopic (exact) mass is 355 g/mol. The molecule has 136 valence electrons. The molecule has 2 aromatic carbocycles. The molecule has 0 aliphatic carbocycles. The molecular weight excluding hydrogens is 333 g/mol. The number of nitrogens with zero attached hydrogens (tertiary/aromatic N) is 1. The lowest BCUT2D eigenvalue weighted by Gasteiger charge is -2.33. The van der Waals surface area contributed by atoms with Crippen LogP contribution < -0.4 is 0 Å². The Bertz CT molecular complexity index is 853. The second-order valence-corrected chi connectivity index (χ2v) is 7.34. The minimum Gasteiger partial charge on any atom is -0.505 e. The Labute approximate surface area is 152 Å². The van der Waals surface area contributed by atoms with Crippen molar-refractivity contribution in [2.24, 2.45) is 0 Å². The Balaban J connectivity index is 2.04. The van der Waals surface area contributed by atoms with E-state index in [-0.39, 0.29) is 11.5 Å². The summed E-state index contributed by atoms with van der Waals surface area (Å²) < 4.78 is 19.1. The van der Waals surface area contributed by atoms with Crippen LogP contribution in [0.4, 0.5) is 4.39 Å². The number of benzene rings is 2. The molecule has 0 saturated carbocycles. The zero-order valence-corrected chi connectivity index (χ0v) is 15.1. The van der Waals surface area contributed by atoms with Crippen molar-refractivity contribution < 1.29 is 19.0 Å². The van der Waals surface area contributed by atoms with Crippen molar-refractivity contribution in [2.75, 3.05) is 0 Å². The third kappa shape index (κ3) is 3.87.